The second-order valence-corrected chi connectivity index (χ2v) is 19.5. The van der Waals surface area contributed by atoms with E-state index in [0.717, 1.165) is 51.4 Å². The predicted molar refractivity (Wildman–Crippen MR) is 134 cm³/mol. The van der Waals surface area contributed by atoms with Crippen LogP contribution in [0.25, 0.3) is 0 Å². The minimum atomic E-state index is -7.32. The molecule has 0 aliphatic carbocycles. The summed E-state index contributed by atoms with van der Waals surface area (Å²) >= 11 is -7.32. The molecule has 0 aromatic heterocycles. The summed E-state index contributed by atoms with van der Waals surface area (Å²) in [6.45, 7) is 2.80. The third-order valence-electron chi connectivity index (χ3n) is 6.51. The number of unbranched alkanes of at least 4 members (excludes halogenated alkanes) is 12. The maximum absolute atomic E-state index is 15.4. The Morgan fingerprint density at radius 3 is 0.974 bits per heavy atom. The zero-order valence-corrected chi connectivity index (χ0v) is 26.1. The molecule has 0 amide bonds. The monoisotopic (exact) mass is 700 g/mol. The molecule has 0 aliphatic rings. The van der Waals surface area contributed by atoms with Gasteiger partial charge in [-0.2, -0.15) is 0 Å². The van der Waals surface area contributed by atoms with Gasteiger partial charge in [0.1, 0.15) is 0 Å². The van der Waals surface area contributed by atoms with E-state index in [4.69, 9.17) is 6.15 Å². The van der Waals surface area contributed by atoms with Crippen LogP contribution in [-0.2, 0) is 6.15 Å². The van der Waals surface area contributed by atoms with Crippen LogP contribution in [-0.4, -0.2) is 52.6 Å². The van der Waals surface area contributed by atoms with E-state index >= 15 is 17.6 Å². The molecule has 0 atom stereocenters. The van der Waals surface area contributed by atoms with Crippen molar-refractivity contribution in [2.24, 2.45) is 0 Å². The van der Waals surface area contributed by atoms with E-state index in [1.54, 1.807) is 0 Å². The molecule has 0 bridgehead atoms. The molecule has 0 fully saturated rings. The molecule has 2 nitrogen and oxygen atoms in total. The van der Waals surface area contributed by atoms with Crippen LogP contribution in [0.3, 0.4) is 0 Å². The first-order chi connectivity index (χ1) is 18.0. The van der Waals surface area contributed by atoms with Gasteiger partial charge in [0, 0.05) is 0 Å². The van der Waals surface area contributed by atoms with E-state index in [-0.39, 0.29) is 12.8 Å². The van der Waals surface area contributed by atoms with Crippen molar-refractivity contribution in [3.63, 3.8) is 0 Å². The van der Waals surface area contributed by atoms with Crippen LogP contribution in [0, 0.1) is 0 Å². The summed E-state index contributed by atoms with van der Waals surface area (Å²) in [5, 5.41) is 0. The van der Waals surface area contributed by atoms with Gasteiger partial charge < -0.3 is 0 Å². The zero-order chi connectivity index (χ0) is 30.1. The Hall–Kier alpha value is 0.0187. The van der Waals surface area contributed by atoms with Crippen LogP contribution in [0.15, 0.2) is 0 Å². The van der Waals surface area contributed by atoms with E-state index in [1.165, 1.54) is 0 Å². The van der Waals surface area contributed by atoms with E-state index in [2.05, 4.69) is 0 Å². The molecule has 0 unspecified atom stereocenters. The predicted octanol–water partition coefficient (Wildman–Crippen LogP) is 11.0. The average Bonchev–Trinajstić information content (AvgIpc) is 2.82. The standard InChI is InChI=1S/2C9H19O.2C4H4F5.Sn/c2*1-2-3-4-5-6-7-8-9-10;2*5-3(6)1-2-4(7,8)9;/h2*2-9H2,1H3;2*1-2H2;/q2*-1;;;+2. The molecule has 13 heteroatoms. The molecule has 0 aromatic carbocycles. The Bertz CT molecular complexity index is 561. The molecular formula is C26H46F10O2Sn. The molecule has 0 saturated carbocycles. The van der Waals surface area contributed by atoms with Crippen LogP contribution < -0.4 is 0 Å². The van der Waals surface area contributed by atoms with Gasteiger partial charge in [-0.15, -0.1) is 0 Å². The normalized spacial score (nSPS) is 13.8. The Balaban J connectivity index is 5.76. The zero-order valence-electron chi connectivity index (χ0n) is 23.2. The Labute approximate surface area is 231 Å². The summed E-state index contributed by atoms with van der Waals surface area (Å²) in [4.78, 5) is 0. The minimum absolute atomic E-state index is 0.0796. The third kappa shape index (κ3) is 16.9. The van der Waals surface area contributed by atoms with Gasteiger partial charge in [0.05, 0.1) is 0 Å². The second kappa shape index (κ2) is 19.3. The Morgan fingerprint density at radius 1 is 0.410 bits per heavy atom. The van der Waals surface area contributed by atoms with E-state index in [0.29, 0.717) is 25.7 Å². The number of alkyl halides is 10. The number of hydrogen-bond acceptors (Lipinski definition) is 2. The second-order valence-electron chi connectivity index (χ2n) is 10.2. The molecule has 0 N–H and O–H groups in total. The van der Waals surface area contributed by atoms with Crippen molar-refractivity contribution in [2.75, 3.05) is 13.2 Å². The first kappa shape index (κ1) is 39.0. The molecule has 0 saturated heterocycles. The Kier molecular flexibility index (Phi) is 19.3. The third-order valence-corrected chi connectivity index (χ3v) is 16.9. The average molecular weight is 699 g/mol. The van der Waals surface area contributed by atoms with Gasteiger partial charge >= 0.3 is 232 Å². The first-order valence-corrected chi connectivity index (χ1v) is 19.4. The molecule has 0 aliphatic heterocycles. The van der Waals surface area contributed by atoms with E-state index < -0.39 is 78.3 Å². The summed E-state index contributed by atoms with van der Waals surface area (Å²) in [5.41, 5.74) is 0. The molecule has 0 heterocycles. The summed E-state index contributed by atoms with van der Waals surface area (Å²) in [5.74, 6) is 0. The number of halogens is 10. The fourth-order valence-corrected chi connectivity index (χ4v) is 13.4. The molecule has 0 radical (unpaired) electrons. The fraction of sp³-hybridized carbons (Fsp3) is 1.00. The molecule has 236 valence electrons. The van der Waals surface area contributed by atoms with E-state index in [9.17, 15) is 26.3 Å². The molecule has 0 spiro atoms. The van der Waals surface area contributed by atoms with Gasteiger partial charge in [-0.05, 0) is 0 Å². The van der Waals surface area contributed by atoms with Crippen molar-refractivity contribution in [1.82, 2.24) is 0 Å². The quantitative estimate of drug-likeness (QED) is 0.0567. The Morgan fingerprint density at radius 2 is 0.692 bits per heavy atom. The van der Waals surface area contributed by atoms with Crippen LogP contribution in [0.1, 0.15) is 129 Å². The SMILES string of the molecule is CCCCCCCCC[O][Sn]([O]CCCCCCCCC)([C](F)(F)CCC(F)(F)F)[C](F)(F)CCC(F)(F)F. The molecule has 39 heavy (non-hydrogen) atoms. The molecule has 0 rings (SSSR count). The summed E-state index contributed by atoms with van der Waals surface area (Å²) in [6, 6.07) is 0. The number of hydrogen-bond donors (Lipinski definition) is 0. The van der Waals surface area contributed by atoms with E-state index in [1.807, 2.05) is 13.8 Å². The van der Waals surface area contributed by atoms with Crippen molar-refractivity contribution in [3.05, 3.63) is 0 Å². The molecule has 0 aromatic rings. The van der Waals surface area contributed by atoms with Crippen LogP contribution in [0.5, 0.6) is 0 Å². The van der Waals surface area contributed by atoms with Crippen molar-refractivity contribution < 1.29 is 50.1 Å². The van der Waals surface area contributed by atoms with Gasteiger partial charge in [0.25, 0.3) is 0 Å². The van der Waals surface area contributed by atoms with Crippen LogP contribution >= 0.6 is 0 Å². The maximum atomic E-state index is 15.4. The topological polar surface area (TPSA) is 18.5 Å². The van der Waals surface area contributed by atoms with Gasteiger partial charge in [-0.1, -0.05) is 0 Å². The molecular weight excluding hydrogens is 653 g/mol. The fourth-order valence-electron chi connectivity index (χ4n) is 4.21. The first-order valence-electron chi connectivity index (χ1n) is 14.2. The van der Waals surface area contributed by atoms with Crippen LogP contribution in [0.4, 0.5) is 43.9 Å². The van der Waals surface area contributed by atoms with Gasteiger partial charge in [0.2, 0.25) is 0 Å². The summed E-state index contributed by atoms with van der Waals surface area (Å²) < 4.78 is 139. The van der Waals surface area contributed by atoms with Gasteiger partial charge in [-0.25, -0.2) is 0 Å². The van der Waals surface area contributed by atoms with Crippen molar-refractivity contribution in [2.45, 2.75) is 150 Å². The summed E-state index contributed by atoms with van der Waals surface area (Å²) in [7, 11) is 0. The van der Waals surface area contributed by atoms with Gasteiger partial charge in [-0.3, -0.25) is 0 Å². The van der Waals surface area contributed by atoms with Crippen LogP contribution in [0.2, 0.25) is 0 Å². The van der Waals surface area contributed by atoms with Crippen molar-refractivity contribution >= 4 is 19.2 Å². The van der Waals surface area contributed by atoms with Crippen molar-refractivity contribution in [1.29, 1.82) is 0 Å². The summed E-state index contributed by atoms with van der Waals surface area (Å²) in [6.07, 6.45) is -8.36. The van der Waals surface area contributed by atoms with Crippen molar-refractivity contribution in [3.8, 4) is 0 Å². The number of rotatable bonds is 24. The van der Waals surface area contributed by atoms with Gasteiger partial charge in [0.15, 0.2) is 0 Å².